The van der Waals surface area contributed by atoms with Gasteiger partial charge in [0.05, 0.1) is 13.2 Å². The number of hydrogen-bond acceptors (Lipinski definition) is 4. The Morgan fingerprint density at radius 1 is 1.11 bits per heavy atom. The van der Waals surface area contributed by atoms with Crippen LogP contribution in [-0.2, 0) is 4.79 Å². The minimum atomic E-state index is -0.575. The molecule has 0 aromatic heterocycles. The van der Waals surface area contributed by atoms with Gasteiger partial charge in [-0.15, -0.1) is 0 Å². The first-order chi connectivity index (χ1) is 12.9. The van der Waals surface area contributed by atoms with E-state index in [4.69, 9.17) is 25.8 Å². The smallest absolute Gasteiger partial charge is 0.261 e. The predicted molar refractivity (Wildman–Crippen MR) is 107 cm³/mol. The molecule has 0 saturated heterocycles. The van der Waals surface area contributed by atoms with Crippen LogP contribution in [-0.4, -0.2) is 31.8 Å². The number of carbonyl (C=O) groups excluding carboxylic acids is 1. The first-order valence-corrected chi connectivity index (χ1v) is 9.30. The summed E-state index contributed by atoms with van der Waals surface area (Å²) in [6.07, 6.45) is -0.0199. The minimum absolute atomic E-state index is 0.163. The molecule has 1 N–H and O–H groups in total. The zero-order chi connectivity index (χ0) is 19.8. The van der Waals surface area contributed by atoms with Crippen molar-refractivity contribution in [3.05, 3.63) is 53.1 Å². The molecule has 0 aliphatic carbocycles. The van der Waals surface area contributed by atoms with Gasteiger partial charge in [0.1, 0.15) is 23.9 Å². The van der Waals surface area contributed by atoms with Gasteiger partial charge in [-0.3, -0.25) is 4.79 Å². The van der Waals surface area contributed by atoms with Gasteiger partial charge in [0, 0.05) is 5.02 Å². The highest BCUT2D eigenvalue weighted by atomic mass is 35.5. The van der Waals surface area contributed by atoms with Gasteiger partial charge in [0.2, 0.25) is 0 Å². The highest BCUT2D eigenvalue weighted by Gasteiger charge is 2.20. The average Bonchev–Trinajstić information content (AvgIpc) is 2.67. The molecule has 0 fully saturated rings. The van der Waals surface area contributed by atoms with Gasteiger partial charge < -0.3 is 19.5 Å². The zero-order valence-corrected chi connectivity index (χ0v) is 16.9. The van der Waals surface area contributed by atoms with Crippen LogP contribution in [0.2, 0.25) is 5.02 Å². The molecule has 2 rings (SSSR count). The number of aryl methyl sites for hydroxylation is 1. The summed E-state index contributed by atoms with van der Waals surface area (Å²) >= 11 is 6.03. The normalized spacial score (nSPS) is 12.8. The molecular formula is C21H26ClNO4. The van der Waals surface area contributed by atoms with Gasteiger partial charge in [-0.05, 0) is 68.3 Å². The zero-order valence-electron chi connectivity index (χ0n) is 16.1. The maximum Gasteiger partial charge on any atom is 0.261 e. The molecule has 0 bridgehead atoms. The maximum absolute atomic E-state index is 12.5. The van der Waals surface area contributed by atoms with Gasteiger partial charge in [-0.1, -0.05) is 18.5 Å². The second-order valence-electron chi connectivity index (χ2n) is 6.32. The summed E-state index contributed by atoms with van der Waals surface area (Å²) in [5.41, 5.74) is 0.908. The second-order valence-corrected chi connectivity index (χ2v) is 6.73. The lowest BCUT2D eigenvalue weighted by molar-refractivity contribution is -0.128. The van der Waals surface area contributed by atoms with E-state index in [1.165, 1.54) is 0 Å². The number of carbonyl (C=O) groups is 1. The molecule has 5 nitrogen and oxygen atoms in total. The third kappa shape index (κ3) is 6.36. The molecule has 1 amide bonds. The van der Waals surface area contributed by atoms with E-state index in [2.05, 4.69) is 5.32 Å². The molecule has 2 aromatic rings. The highest BCUT2D eigenvalue weighted by molar-refractivity contribution is 6.31. The Labute approximate surface area is 165 Å². The van der Waals surface area contributed by atoms with E-state index < -0.39 is 6.10 Å². The number of halogens is 1. The molecule has 0 heterocycles. The van der Waals surface area contributed by atoms with Crippen molar-refractivity contribution in [1.29, 1.82) is 0 Å². The van der Waals surface area contributed by atoms with Crippen LogP contribution in [0.3, 0.4) is 0 Å². The van der Waals surface area contributed by atoms with Crippen LogP contribution in [0.15, 0.2) is 42.5 Å². The lowest BCUT2D eigenvalue weighted by Gasteiger charge is -2.21. The minimum Gasteiger partial charge on any atom is -0.497 e. The molecule has 146 valence electrons. The summed E-state index contributed by atoms with van der Waals surface area (Å²) < 4.78 is 16.6. The van der Waals surface area contributed by atoms with Crippen molar-refractivity contribution < 1.29 is 19.0 Å². The Morgan fingerprint density at radius 3 is 2.33 bits per heavy atom. The van der Waals surface area contributed by atoms with Gasteiger partial charge in [0.15, 0.2) is 6.10 Å². The summed E-state index contributed by atoms with van der Waals surface area (Å²) in [4.78, 5) is 12.5. The van der Waals surface area contributed by atoms with Crippen LogP contribution in [0.4, 0.5) is 0 Å². The fourth-order valence-corrected chi connectivity index (χ4v) is 2.57. The fraction of sp³-hybridized carbons (Fsp3) is 0.381. The van der Waals surface area contributed by atoms with E-state index >= 15 is 0 Å². The standard InChI is InChI=1S/C21H26ClNO4/c1-5-20(27-18-10-11-19(22)14(2)12-18)21(24)23-15(3)13-26-17-8-6-16(25-4)7-9-17/h6-12,15,20H,5,13H2,1-4H3,(H,23,24)/t15-,20+/m1/s1. The van der Waals surface area contributed by atoms with Crippen LogP contribution in [0, 0.1) is 6.92 Å². The SMILES string of the molecule is CC[C@H](Oc1ccc(Cl)c(C)c1)C(=O)N[C@H](C)COc1ccc(OC)cc1. The van der Waals surface area contributed by atoms with Gasteiger partial charge in [-0.25, -0.2) is 0 Å². The molecule has 0 aliphatic heterocycles. The number of methoxy groups -OCH3 is 1. The monoisotopic (exact) mass is 391 g/mol. The van der Waals surface area contributed by atoms with Crippen molar-refractivity contribution in [2.45, 2.75) is 39.3 Å². The Kier molecular flexibility index (Phi) is 7.80. The lowest BCUT2D eigenvalue weighted by Crippen LogP contribution is -2.44. The van der Waals surface area contributed by atoms with E-state index in [0.717, 1.165) is 17.1 Å². The van der Waals surface area contributed by atoms with Gasteiger partial charge >= 0.3 is 0 Å². The summed E-state index contributed by atoms with van der Waals surface area (Å²) in [5, 5.41) is 3.60. The molecule has 27 heavy (non-hydrogen) atoms. The van der Waals surface area contributed by atoms with E-state index in [1.807, 2.05) is 51.1 Å². The first kappa shape index (κ1) is 20.9. The predicted octanol–water partition coefficient (Wildman–Crippen LogP) is 4.40. The van der Waals surface area contributed by atoms with Crippen molar-refractivity contribution in [2.75, 3.05) is 13.7 Å². The summed E-state index contributed by atoms with van der Waals surface area (Å²) in [5.74, 6) is 1.94. The molecule has 2 aromatic carbocycles. The number of nitrogens with one attached hydrogen (secondary N) is 1. The maximum atomic E-state index is 12.5. The molecule has 0 saturated carbocycles. The molecular weight excluding hydrogens is 366 g/mol. The summed E-state index contributed by atoms with van der Waals surface area (Å²) in [6.45, 7) is 6.05. The second kappa shape index (κ2) is 10.1. The van der Waals surface area contributed by atoms with Gasteiger partial charge in [0.25, 0.3) is 5.91 Å². The summed E-state index contributed by atoms with van der Waals surface area (Å²) in [7, 11) is 1.62. The van der Waals surface area contributed by atoms with E-state index in [0.29, 0.717) is 23.8 Å². The molecule has 0 spiro atoms. The Morgan fingerprint density at radius 2 is 1.74 bits per heavy atom. The summed E-state index contributed by atoms with van der Waals surface area (Å²) in [6, 6.07) is 12.5. The molecule has 0 unspecified atom stereocenters. The van der Waals surface area contributed by atoms with Crippen molar-refractivity contribution >= 4 is 17.5 Å². The largest absolute Gasteiger partial charge is 0.497 e. The van der Waals surface area contributed by atoms with Crippen molar-refractivity contribution in [3.8, 4) is 17.2 Å². The number of amides is 1. The van der Waals surface area contributed by atoms with Crippen LogP contribution < -0.4 is 19.5 Å². The van der Waals surface area contributed by atoms with E-state index in [1.54, 1.807) is 19.2 Å². The third-order valence-corrected chi connectivity index (χ3v) is 4.44. The first-order valence-electron chi connectivity index (χ1n) is 8.93. The molecule has 2 atom stereocenters. The Bertz CT molecular complexity index is 748. The van der Waals surface area contributed by atoms with Gasteiger partial charge in [-0.2, -0.15) is 0 Å². The number of rotatable bonds is 9. The van der Waals surface area contributed by atoms with E-state index in [9.17, 15) is 4.79 Å². The number of hydrogen-bond donors (Lipinski definition) is 1. The quantitative estimate of drug-likeness (QED) is 0.688. The highest BCUT2D eigenvalue weighted by Crippen LogP contribution is 2.22. The molecule has 6 heteroatoms. The van der Waals surface area contributed by atoms with Crippen molar-refractivity contribution in [3.63, 3.8) is 0 Å². The topological polar surface area (TPSA) is 56.8 Å². The Balaban J connectivity index is 1.85. The lowest BCUT2D eigenvalue weighted by atomic mass is 10.2. The number of ether oxygens (including phenoxy) is 3. The number of benzene rings is 2. The molecule has 0 radical (unpaired) electrons. The van der Waals surface area contributed by atoms with Crippen LogP contribution in [0.5, 0.6) is 17.2 Å². The third-order valence-electron chi connectivity index (χ3n) is 4.02. The van der Waals surface area contributed by atoms with Crippen molar-refractivity contribution in [1.82, 2.24) is 5.32 Å². The van der Waals surface area contributed by atoms with Crippen molar-refractivity contribution in [2.24, 2.45) is 0 Å². The average molecular weight is 392 g/mol. The molecule has 0 aliphatic rings. The Hall–Kier alpha value is -2.40. The van der Waals surface area contributed by atoms with Crippen LogP contribution in [0.1, 0.15) is 25.8 Å². The van der Waals surface area contributed by atoms with Crippen LogP contribution in [0.25, 0.3) is 0 Å². The van der Waals surface area contributed by atoms with E-state index in [-0.39, 0.29) is 11.9 Å². The fourth-order valence-electron chi connectivity index (χ4n) is 2.45. The van der Waals surface area contributed by atoms with Crippen LogP contribution >= 0.6 is 11.6 Å².